The fraction of sp³-hybridized carbons (Fsp3) is 0.412. The van der Waals surface area contributed by atoms with Crippen molar-refractivity contribution in [2.75, 3.05) is 13.2 Å². The molecule has 0 spiro atoms. The Morgan fingerprint density at radius 1 is 1.35 bits per heavy atom. The maximum atomic E-state index is 12.3. The number of carbonyl (C=O) groups excluding carboxylic acids is 2. The van der Waals surface area contributed by atoms with Crippen molar-refractivity contribution in [2.24, 2.45) is 4.99 Å². The molecular weight excluding hydrogens is 342 g/mol. The highest BCUT2D eigenvalue weighted by Gasteiger charge is 2.30. The van der Waals surface area contributed by atoms with E-state index >= 15 is 0 Å². The van der Waals surface area contributed by atoms with Gasteiger partial charge in [0.25, 0.3) is 0 Å². The zero-order valence-corrected chi connectivity index (χ0v) is 14.1. The highest BCUT2D eigenvalue weighted by atomic mass is 16.5. The quantitative estimate of drug-likeness (QED) is 0.342. The first-order valence-corrected chi connectivity index (χ1v) is 8.22. The number of phenols is 1. The largest absolute Gasteiger partial charge is 0.507 e. The molecule has 2 atom stereocenters. The van der Waals surface area contributed by atoms with Crippen LogP contribution in [0.2, 0.25) is 0 Å². The fourth-order valence-corrected chi connectivity index (χ4v) is 2.47. The van der Waals surface area contributed by atoms with Gasteiger partial charge in [0, 0.05) is 6.54 Å². The molecule has 9 nitrogen and oxygen atoms in total. The van der Waals surface area contributed by atoms with Crippen LogP contribution in [0.5, 0.6) is 5.75 Å². The molecule has 1 aromatic rings. The smallest absolute Gasteiger partial charge is 0.326 e. The van der Waals surface area contributed by atoms with Crippen molar-refractivity contribution in [3.8, 4) is 5.75 Å². The predicted octanol–water partition coefficient (Wildman–Crippen LogP) is 0.0233. The van der Waals surface area contributed by atoms with Crippen LogP contribution in [0.25, 0.3) is 0 Å². The average molecular weight is 363 g/mol. The first kappa shape index (κ1) is 19.2. The van der Waals surface area contributed by atoms with Crippen molar-refractivity contribution < 1.29 is 29.3 Å². The zero-order chi connectivity index (χ0) is 18.9. The van der Waals surface area contributed by atoms with Gasteiger partial charge >= 0.3 is 5.97 Å². The summed E-state index contributed by atoms with van der Waals surface area (Å²) in [6.07, 6.45) is 1.97. The lowest BCUT2D eigenvalue weighted by molar-refractivity contribution is -0.142. The third kappa shape index (κ3) is 5.20. The number of rotatable bonds is 10. The number of aromatic hydroxyl groups is 1. The molecule has 0 unspecified atom stereocenters. The minimum atomic E-state index is -1.13. The topological polar surface area (TPSA) is 137 Å². The lowest BCUT2D eigenvalue weighted by atomic mass is 10.1. The third-order valence-electron chi connectivity index (χ3n) is 3.85. The summed E-state index contributed by atoms with van der Waals surface area (Å²) in [5.74, 6) is -1.55. The Kier molecular flexibility index (Phi) is 6.95. The maximum Gasteiger partial charge on any atom is 0.326 e. The standard InChI is InChI=1S/C17H21N3O6/c21-10-18-8-4-3-6-12(17(24)25)19-15(23)13-9-26-16(20-13)11-5-1-2-7-14(11)22/h1-2,5,7,10,12-13,22H,3-4,6,8-9H2,(H,18,21)(H,19,23)(H,24,25)/t12-,13+/m0/s1. The van der Waals surface area contributed by atoms with E-state index in [1.54, 1.807) is 18.2 Å². The van der Waals surface area contributed by atoms with Gasteiger partial charge in [-0.2, -0.15) is 0 Å². The van der Waals surface area contributed by atoms with Crippen LogP contribution in [0, 0.1) is 0 Å². The molecule has 2 rings (SSSR count). The van der Waals surface area contributed by atoms with Crippen molar-refractivity contribution in [3.63, 3.8) is 0 Å². The molecule has 0 radical (unpaired) electrons. The van der Waals surface area contributed by atoms with E-state index in [9.17, 15) is 24.6 Å². The minimum absolute atomic E-state index is 0.0142. The van der Waals surface area contributed by atoms with Crippen molar-refractivity contribution >= 4 is 24.2 Å². The lowest BCUT2D eigenvalue weighted by Gasteiger charge is -2.15. The number of hydrogen-bond donors (Lipinski definition) is 4. The molecule has 0 saturated carbocycles. The highest BCUT2D eigenvalue weighted by molar-refractivity contribution is 6.00. The van der Waals surface area contributed by atoms with Crippen LogP contribution in [0.15, 0.2) is 29.3 Å². The number of ether oxygens (including phenoxy) is 1. The van der Waals surface area contributed by atoms with Crippen LogP contribution in [0.4, 0.5) is 0 Å². The van der Waals surface area contributed by atoms with Gasteiger partial charge in [0.2, 0.25) is 18.2 Å². The van der Waals surface area contributed by atoms with Gasteiger partial charge in [0.15, 0.2) is 6.04 Å². The van der Waals surface area contributed by atoms with Gasteiger partial charge in [-0.15, -0.1) is 0 Å². The van der Waals surface area contributed by atoms with E-state index in [1.807, 2.05) is 0 Å². The minimum Gasteiger partial charge on any atom is -0.507 e. The molecule has 0 fully saturated rings. The van der Waals surface area contributed by atoms with E-state index in [0.717, 1.165) is 0 Å². The summed E-state index contributed by atoms with van der Waals surface area (Å²) >= 11 is 0. The molecule has 1 aliphatic heterocycles. The molecular formula is C17H21N3O6. The summed E-state index contributed by atoms with van der Waals surface area (Å²) in [6, 6.07) is 4.54. The fourth-order valence-electron chi connectivity index (χ4n) is 2.47. The first-order chi connectivity index (χ1) is 12.5. The van der Waals surface area contributed by atoms with Crippen LogP contribution in [-0.2, 0) is 19.1 Å². The number of aliphatic imine (C=N–C) groups is 1. The van der Waals surface area contributed by atoms with Crippen molar-refractivity contribution in [3.05, 3.63) is 29.8 Å². The van der Waals surface area contributed by atoms with Crippen molar-refractivity contribution in [2.45, 2.75) is 31.3 Å². The predicted molar refractivity (Wildman–Crippen MR) is 91.9 cm³/mol. The SMILES string of the molecule is O=CNCCCC[C@H](NC(=O)[C@H]1COC(c2ccccc2O)=N1)C(=O)O. The number of carboxylic acids is 1. The van der Waals surface area contributed by atoms with Gasteiger partial charge in [0.05, 0.1) is 5.56 Å². The second-order valence-corrected chi connectivity index (χ2v) is 5.75. The normalized spacial score (nSPS) is 16.9. The van der Waals surface area contributed by atoms with E-state index in [2.05, 4.69) is 15.6 Å². The number of carbonyl (C=O) groups is 3. The number of carboxylic acid groups (broad SMARTS) is 1. The van der Waals surface area contributed by atoms with Crippen LogP contribution in [0.1, 0.15) is 24.8 Å². The number of unbranched alkanes of at least 4 members (excludes halogenated alkanes) is 1. The highest BCUT2D eigenvalue weighted by Crippen LogP contribution is 2.21. The van der Waals surface area contributed by atoms with E-state index in [1.165, 1.54) is 6.07 Å². The zero-order valence-electron chi connectivity index (χ0n) is 14.1. The van der Waals surface area contributed by atoms with Gasteiger partial charge in [-0.05, 0) is 31.4 Å². The second-order valence-electron chi connectivity index (χ2n) is 5.75. The first-order valence-electron chi connectivity index (χ1n) is 8.22. The van der Waals surface area contributed by atoms with E-state index in [0.29, 0.717) is 31.4 Å². The Balaban J connectivity index is 1.92. The molecule has 2 amide bonds. The summed E-state index contributed by atoms with van der Waals surface area (Å²) in [5, 5.41) is 24.0. The van der Waals surface area contributed by atoms with E-state index in [4.69, 9.17) is 4.74 Å². The average Bonchev–Trinajstić information content (AvgIpc) is 3.10. The molecule has 1 aliphatic rings. The van der Waals surface area contributed by atoms with Gasteiger partial charge in [-0.25, -0.2) is 9.79 Å². The number of aliphatic carboxylic acids is 1. The number of nitrogens with zero attached hydrogens (tertiary/aromatic N) is 1. The van der Waals surface area contributed by atoms with Crippen LogP contribution >= 0.6 is 0 Å². The van der Waals surface area contributed by atoms with Crippen LogP contribution in [-0.4, -0.2) is 59.6 Å². The van der Waals surface area contributed by atoms with E-state index in [-0.39, 0.29) is 24.7 Å². The van der Waals surface area contributed by atoms with Gasteiger partial charge in [-0.3, -0.25) is 9.59 Å². The van der Waals surface area contributed by atoms with E-state index < -0.39 is 24.0 Å². The number of benzene rings is 1. The molecule has 0 bridgehead atoms. The molecule has 0 aliphatic carbocycles. The molecule has 0 saturated heterocycles. The van der Waals surface area contributed by atoms with Crippen molar-refractivity contribution in [1.29, 1.82) is 0 Å². The Labute approximate surface area is 150 Å². The summed E-state index contributed by atoms with van der Waals surface area (Å²) in [5.41, 5.74) is 0.375. The Morgan fingerprint density at radius 3 is 2.81 bits per heavy atom. The van der Waals surface area contributed by atoms with Gasteiger partial charge in [-0.1, -0.05) is 12.1 Å². The molecule has 9 heteroatoms. The molecule has 140 valence electrons. The summed E-state index contributed by atoms with van der Waals surface area (Å²) < 4.78 is 5.36. The van der Waals surface area contributed by atoms with Crippen LogP contribution < -0.4 is 10.6 Å². The molecule has 1 heterocycles. The van der Waals surface area contributed by atoms with Gasteiger partial charge in [0.1, 0.15) is 18.4 Å². The number of para-hydroxylation sites is 1. The van der Waals surface area contributed by atoms with Crippen molar-refractivity contribution in [1.82, 2.24) is 10.6 Å². The third-order valence-corrected chi connectivity index (χ3v) is 3.85. The maximum absolute atomic E-state index is 12.3. The van der Waals surface area contributed by atoms with Gasteiger partial charge < -0.3 is 25.6 Å². The molecule has 1 aromatic carbocycles. The summed E-state index contributed by atoms with van der Waals surface area (Å²) in [7, 11) is 0. The molecule has 0 aromatic heterocycles. The second kappa shape index (κ2) is 9.40. The summed E-state index contributed by atoms with van der Waals surface area (Å²) in [6.45, 7) is 0.430. The summed E-state index contributed by atoms with van der Waals surface area (Å²) in [4.78, 5) is 37.9. The molecule has 4 N–H and O–H groups in total. The number of nitrogens with one attached hydrogen (secondary N) is 2. The Bertz CT molecular complexity index is 691. The number of amides is 2. The van der Waals surface area contributed by atoms with Crippen LogP contribution in [0.3, 0.4) is 0 Å². The number of hydrogen-bond acceptors (Lipinski definition) is 6. The monoisotopic (exact) mass is 363 g/mol. The molecule has 26 heavy (non-hydrogen) atoms. The Morgan fingerprint density at radius 2 is 2.12 bits per heavy atom. The lowest BCUT2D eigenvalue weighted by Crippen LogP contribution is -2.45. The Hall–Kier alpha value is -3.10. The number of phenolic OH excluding ortho intramolecular Hbond substituents is 1.